The molecule has 1 N–H and O–H groups in total. The highest BCUT2D eigenvalue weighted by molar-refractivity contribution is 6.00. The van der Waals surface area contributed by atoms with E-state index in [0.717, 1.165) is 11.1 Å². The molecule has 0 bridgehead atoms. The minimum atomic E-state index is -0.371. The Labute approximate surface area is 143 Å². The predicted octanol–water partition coefficient (Wildman–Crippen LogP) is 4.96. The molecule has 0 amide bonds. The Morgan fingerprint density at radius 1 is 0.708 bits per heavy atom. The van der Waals surface area contributed by atoms with Gasteiger partial charge in [0.15, 0.2) is 5.78 Å². The third kappa shape index (κ3) is 3.79. The highest BCUT2D eigenvalue weighted by Crippen LogP contribution is 2.23. The van der Waals surface area contributed by atoms with E-state index < -0.39 is 0 Å². The number of rotatable bonds is 6. The molecule has 0 aromatic heterocycles. The first-order valence-corrected chi connectivity index (χ1v) is 8.21. The van der Waals surface area contributed by atoms with Gasteiger partial charge in [0.25, 0.3) is 0 Å². The second-order valence-electron chi connectivity index (χ2n) is 5.87. The Morgan fingerprint density at radius 2 is 1.17 bits per heavy atom. The molecule has 0 unspecified atom stereocenters. The smallest absolute Gasteiger partial charge is 0.184 e. The Bertz CT molecular complexity index is 769. The molecule has 120 valence electrons. The maximum absolute atomic E-state index is 13.0. The van der Waals surface area contributed by atoms with Gasteiger partial charge in [-0.1, -0.05) is 91.0 Å². The molecule has 3 rings (SSSR count). The van der Waals surface area contributed by atoms with Gasteiger partial charge in [-0.3, -0.25) is 10.1 Å². The van der Waals surface area contributed by atoms with Crippen molar-refractivity contribution in [1.82, 2.24) is 5.32 Å². The van der Waals surface area contributed by atoms with Crippen molar-refractivity contribution < 1.29 is 4.79 Å². The summed E-state index contributed by atoms with van der Waals surface area (Å²) >= 11 is 0. The molecule has 0 heterocycles. The van der Waals surface area contributed by atoms with Crippen LogP contribution in [0.15, 0.2) is 91.0 Å². The monoisotopic (exact) mass is 315 g/mol. The summed E-state index contributed by atoms with van der Waals surface area (Å²) in [6.07, 6.45) is 0. The van der Waals surface area contributed by atoms with Crippen LogP contribution in [0.5, 0.6) is 0 Å². The van der Waals surface area contributed by atoms with Crippen LogP contribution in [0, 0.1) is 0 Å². The Kier molecular flexibility index (Phi) is 5.19. The van der Waals surface area contributed by atoms with E-state index in [4.69, 9.17) is 0 Å². The summed E-state index contributed by atoms with van der Waals surface area (Å²) < 4.78 is 0. The van der Waals surface area contributed by atoms with Crippen LogP contribution in [0.1, 0.15) is 40.5 Å². The van der Waals surface area contributed by atoms with Crippen molar-refractivity contribution in [3.05, 3.63) is 108 Å². The molecule has 0 aliphatic carbocycles. The first-order chi connectivity index (χ1) is 11.8. The molecule has 2 nitrogen and oxygen atoms in total. The second kappa shape index (κ2) is 7.71. The van der Waals surface area contributed by atoms with Gasteiger partial charge in [-0.15, -0.1) is 0 Å². The van der Waals surface area contributed by atoms with Crippen LogP contribution < -0.4 is 5.32 Å². The summed E-state index contributed by atoms with van der Waals surface area (Å²) in [7, 11) is 0. The molecule has 0 spiro atoms. The van der Waals surface area contributed by atoms with Crippen molar-refractivity contribution in [2.45, 2.75) is 19.0 Å². The van der Waals surface area contributed by atoms with Crippen molar-refractivity contribution >= 4 is 5.78 Å². The van der Waals surface area contributed by atoms with Gasteiger partial charge in [-0.05, 0) is 18.1 Å². The summed E-state index contributed by atoms with van der Waals surface area (Å²) in [6, 6.07) is 29.2. The Balaban J connectivity index is 1.90. The van der Waals surface area contributed by atoms with E-state index in [2.05, 4.69) is 24.4 Å². The maximum Gasteiger partial charge on any atom is 0.184 e. The second-order valence-corrected chi connectivity index (χ2v) is 5.87. The highest BCUT2D eigenvalue weighted by Gasteiger charge is 2.23. The van der Waals surface area contributed by atoms with E-state index in [1.165, 1.54) is 5.56 Å². The van der Waals surface area contributed by atoms with Crippen molar-refractivity contribution in [3.63, 3.8) is 0 Å². The molecule has 3 aromatic carbocycles. The fourth-order valence-electron chi connectivity index (χ4n) is 2.83. The average Bonchev–Trinajstić information content (AvgIpc) is 2.67. The molecule has 2 atom stereocenters. The largest absolute Gasteiger partial charge is 0.297 e. The van der Waals surface area contributed by atoms with Crippen molar-refractivity contribution in [2.24, 2.45) is 0 Å². The number of hydrogen-bond donors (Lipinski definition) is 1. The summed E-state index contributed by atoms with van der Waals surface area (Å²) in [4.78, 5) is 13.0. The topological polar surface area (TPSA) is 29.1 Å². The minimum Gasteiger partial charge on any atom is -0.297 e. The lowest BCUT2D eigenvalue weighted by Gasteiger charge is -2.23. The quantitative estimate of drug-likeness (QED) is 0.651. The zero-order chi connectivity index (χ0) is 16.8. The van der Waals surface area contributed by atoms with Gasteiger partial charge in [0, 0.05) is 11.6 Å². The van der Waals surface area contributed by atoms with Gasteiger partial charge in [0.05, 0.1) is 6.04 Å². The van der Waals surface area contributed by atoms with Crippen LogP contribution >= 0.6 is 0 Å². The summed E-state index contributed by atoms with van der Waals surface area (Å²) in [5, 5.41) is 3.50. The van der Waals surface area contributed by atoms with Gasteiger partial charge >= 0.3 is 0 Å². The molecule has 0 saturated carbocycles. The lowest BCUT2D eigenvalue weighted by atomic mass is 9.95. The first-order valence-electron chi connectivity index (χ1n) is 8.21. The van der Waals surface area contributed by atoms with Gasteiger partial charge in [0.2, 0.25) is 0 Å². The van der Waals surface area contributed by atoms with Crippen LogP contribution in [-0.4, -0.2) is 5.78 Å². The zero-order valence-corrected chi connectivity index (χ0v) is 13.7. The number of hydrogen-bond acceptors (Lipinski definition) is 2. The van der Waals surface area contributed by atoms with Crippen LogP contribution in [0.2, 0.25) is 0 Å². The molecular formula is C22H21NO. The van der Waals surface area contributed by atoms with Gasteiger partial charge in [-0.2, -0.15) is 0 Å². The number of carbonyl (C=O) groups excluding carboxylic acids is 1. The third-order valence-corrected chi connectivity index (χ3v) is 4.17. The van der Waals surface area contributed by atoms with E-state index in [1.807, 2.05) is 78.9 Å². The fraction of sp³-hybridized carbons (Fsp3) is 0.136. The van der Waals surface area contributed by atoms with E-state index in [0.29, 0.717) is 0 Å². The standard InChI is InChI=1S/C22H21NO/c1-17(18-11-5-2-6-12-18)23-21(19-13-7-3-8-14-19)22(24)20-15-9-4-10-16-20/h2-17,21,23H,1H3/t17-,21+/m1/s1. The van der Waals surface area contributed by atoms with Gasteiger partial charge in [0.1, 0.15) is 0 Å². The van der Waals surface area contributed by atoms with Crippen molar-refractivity contribution in [1.29, 1.82) is 0 Å². The maximum atomic E-state index is 13.0. The van der Waals surface area contributed by atoms with E-state index in [-0.39, 0.29) is 17.9 Å². The minimum absolute atomic E-state index is 0.0732. The summed E-state index contributed by atoms with van der Waals surface area (Å²) in [5.41, 5.74) is 2.87. The molecule has 24 heavy (non-hydrogen) atoms. The lowest BCUT2D eigenvalue weighted by molar-refractivity contribution is 0.0936. The highest BCUT2D eigenvalue weighted by atomic mass is 16.1. The van der Waals surface area contributed by atoms with Crippen LogP contribution in [0.4, 0.5) is 0 Å². The molecule has 0 aliphatic rings. The van der Waals surface area contributed by atoms with Crippen molar-refractivity contribution in [2.75, 3.05) is 0 Å². The third-order valence-electron chi connectivity index (χ3n) is 4.17. The predicted molar refractivity (Wildman–Crippen MR) is 97.9 cm³/mol. The van der Waals surface area contributed by atoms with Crippen LogP contribution in [0.25, 0.3) is 0 Å². The Morgan fingerprint density at radius 3 is 1.71 bits per heavy atom. The normalized spacial score (nSPS) is 13.2. The summed E-state index contributed by atoms with van der Waals surface area (Å²) in [5.74, 6) is 0.0876. The molecule has 0 aliphatic heterocycles. The lowest BCUT2D eigenvalue weighted by Crippen LogP contribution is -2.31. The van der Waals surface area contributed by atoms with Gasteiger partial charge < -0.3 is 0 Å². The van der Waals surface area contributed by atoms with Crippen LogP contribution in [0.3, 0.4) is 0 Å². The van der Waals surface area contributed by atoms with E-state index >= 15 is 0 Å². The number of nitrogens with one attached hydrogen (secondary N) is 1. The first kappa shape index (κ1) is 16.2. The molecule has 0 saturated heterocycles. The Hall–Kier alpha value is -2.71. The molecule has 0 fully saturated rings. The molecule has 2 heteroatoms. The summed E-state index contributed by atoms with van der Waals surface area (Å²) in [6.45, 7) is 2.09. The van der Waals surface area contributed by atoms with E-state index in [9.17, 15) is 4.79 Å². The zero-order valence-electron chi connectivity index (χ0n) is 13.7. The van der Waals surface area contributed by atoms with Crippen molar-refractivity contribution in [3.8, 4) is 0 Å². The molecule has 0 radical (unpaired) electrons. The number of Topliss-reactive ketones (excluding diaryl/α,β-unsaturated/α-hetero) is 1. The van der Waals surface area contributed by atoms with E-state index in [1.54, 1.807) is 0 Å². The van der Waals surface area contributed by atoms with Gasteiger partial charge in [-0.25, -0.2) is 0 Å². The molecule has 3 aromatic rings. The van der Waals surface area contributed by atoms with Crippen LogP contribution in [-0.2, 0) is 0 Å². The average molecular weight is 315 g/mol. The number of benzene rings is 3. The SMILES string of the molecule is C[C@@H](N[C@H](C(=O)c1ccccc1)c1ccccc1)c1ccccc1. The number of ketones is 1. The molecular weight excluding hydrogens is 294 g/mol. The fourth-order valence-corrected chi connectivity index (χ4v) is 2.83. The number of carbonyl (C=O) groups is 1.